The molecule has 36 heavy (non-hydrogen) atoms. The van der Waals surface area contributed by atoms with Crippen LogP contribution in [0.25, 0.3) is 0 Å². The van der Waals surface area contributed by atoms with E-state index in [9.17, 15) is 22.8 Å². The molecule has 1 amide bonds. The van der Waals surface area contributed by atoms with Gasteiger partial charge < -0.3 is 5.32 Å². The summed E-state index contributed by atoms with van der Waals surface area (Å²) in [5.74, 6) is 1.17. The monoisotopic (exact) mass is 499 g/mol. The van der Waals surface area contributed by atoms with Gasteiger partial charge in [0.15, 0.2) is 5.78 Å². The topological polar surface area (TPSA) is 46.2 Å². The maximum absolute atomic E-state index is 13.5. The molecular formula is C30H36F3NO2. The molecule has 3 unspecified atom stereocenters. The number of nitrogens with one attached hydrogen (secondary N) is 1. The van der Waals surface area contributed by atoms with E-state index in [1.165, 1.54) is 23.8 Å². The number of benzene rings is 1. The molecule has 0 saturated heterocycles. The van der Waals surface area contributed by atoms with Gasteiger partial charge in [0.05, 0.1) is 11.3 Å². The van der Waals surface area contributed by atoms with E-state index in [4.69, 9.17) is 0 Å². The van der Waals surface area contributed by atoms with Gasteiger partial charge in [0.1, 0.15) is 0 Å². The molecule has 3 saturated carbocycles. The van der Waals surface area contributed by atoms with E-state index in [1.54, 1.807) is 0 Å². The summed E-state index contributed by atoms with van der Waals surface area (Å²) in [4.78, 5) is 25.9. The molecule has 1 aromatic carbocycles. The molecule has 0 radical (unpaired) electrons. The van der Waals surface area contributed by atoms with Gasteiger partial charge in [-0.2, -0.15) is 13.2 Å². The predicted octanol–water partition coefficient (Wildman–Crippen LogP) is 7.45. The summed E-state index contributed by atoms with van der Waals surface area (Å²) in [6.07, 6.45) is 4.24. The molecule has 1 N–H and O–H groups in total. The molecule has 8 atom stereocenters. The van der Waals surface area contributed by atoms with Crippen molar-refractivity contribution in [2.75, 3.05) is 5.32 Å². The number of amides is 1. The van der Waals surface area contributed by atoms with E-state index >= 15 is 0 Å². The third-order valence-corrected chi connectivity index (χ3v) is 10.6. The van der Waals surface area contributed by atoms with Crippen molar-refractivity contribution in [3.63, 3.8) is 0 Å². The quantitative estimate of drug-likeness (QED) is 0.439. The molecule has 4 aliphatic rings. The summed E-state index contributed by atoms with van der Waals surface area (Å²) in [6.45, 7) is 10.9. The molecule has 1 aromatic rings. The van der Waals surface area contributed by atoms with Crippen molar-refractivity contribution in [1.29, 1.82) is 0 Å². The third-order valence-electron chi connectivity index (χ3n) is 10.6. The number of carbonyl (C=O) groups is 2. The number of hydrogen-bond acceptors (Lipinski definition) is 2. The van der Waals surface area contributed by atoms with Crippen molar-refractivity contribution in [3.8, 4) is 0 Å². The van der Waals surface area contributed by atoms with Gasteiger partial charge in [-0.1, -0.05) is 44.6 Å². The first-order chi connectivity index (χ1) is 16.9. The zero-order chi connectivity index (χ0) is 26.0. The predicted molar refractivity (Wildman–Crippen MR) is 134 cm³/mol. The lowest BCUT2D eigenvalue weighted by molar-refractivity contribution is -0.137. The third kappa shape index (κ3) is 3.69. The second-order valence-corrected chi connectivity index (χ2v) is 12.1. The Morgan fingerprint density at radius 3 is 2.53 bits per heavy atom. The number of para-hydroxylation sites is 1. The molecule has 0 bridgehead atoms. The van der Waals surface area contributed by atoms with E-state index < -0.39 is 11.7 Å². The second-order valence-electron chi connectivity index (χ2n) is 12.1. The highest BCUT2D eigenvalue weighted by molar-refractivity contribution is 5.94. The first-order valence-corrected chi connectivity index (χ1v) is 13.3. The van der Waals surface area contributed by atoms with E-state index in [-0.39, 0.29) is 40.0 Å². The number of anilines is 1. The SMILES string of the molecule is C=C[C@@H]1C2=CC(=O)CC[C@]2(C)C2CC[C@@]3(C)C(CC[C@@H]3C(=O)Nc3ccccc3C(F)(F)F)C2[C@@H]1C. The van der Waals surface area contributed by atoms with Crippen LogP contribution in [0.4, 0.5) is 18.9 Å². The van der Waals surface area contributed by atoms with Crippen LogP contribution in [0.5, 0.6) is 0 Å². The number of fused-ring (bicyclic) bond motifs is 5. The highest BCUT2D eigenvalue weighted by atomic mass is 19.4. The number of halogens is 3. The molecule has 6 heteroatoms. The minimum absolute atomic E-state index is 0.0444. The fourth-order valence-electron chi connectivity index (χ4n) is 8.84. The van der Waals surface area contributed by atoms with Crippen LogP contribution in [0, 0.1) is 46.3 Å². The van der Waals surface area contributed by atoms with Gasteiger partial charge in [0, 0.05) is 18.3 Å². The van der Waals surface area contributed by atoms with Crippen LogP contribution in [-0.2, 0) is 15.8 Å². The molecule has 0 aliphatic heterocycles. The molecular weight excluding hydrogens is 463 g/mol. The lowest BCUT2D eigenvalue weighted by Crippen LogP contribution is -2.56. The van der Waals surface area contributed by atoms with Crippen molar-refractivity contribution in [3.05, 3.63) is 54.1 Å². The zero-order valence-corrected chi connectivity index (χ0v) is 21.3. The van der Waals surface area contributed by atoms with Crippen LogP contribution < -0.4 is 5.32 Å². The standard InChI is InChI=1S/C30H36F3NO2/c1-5-19-17(2)26-21-10-11-23(27(36)34-25-9-7-6-8-20(25)30(31,32)33)28(21,3)15-13-22(26)29(4)14-12-18(35)16-24(19)29/h5-9,16-17,19,21-23,26H,1,10-15H2,2-4H3,(H,34,36)/t17-,19+,21?,22?,23-,26?,28+,29-/m1/s1. The lowest BCUT2D eigenvalue weighted by atomic mass is 9.42. The van der Waals surface area contributed by atoms with Crippen molar-refractivity contribution >= 4 is 17.4 Å². The molecule has 194 valence electrons. The molecule has 0 spiro atoms. The fraction of sp³-hybridized carbons (Fsp3) is 0.600. The maximum Gasteiger partial charge on any atom is 0.418 e. The van der Waals surface area contributed by atoms with Crippen LogP contribution >= 0.6 is 0 Å². The number of rotatable bonds is 3. The van der Waals surface area contributed by atoms with E-state index in [1.807, 2.05) is 12.2 Å². The van der Waals surface area contributed by atoms with Crippen molar-refractivity contribution < 1.29 is 22.8 Å². The van der Waals surface area contributed by atoms with Gasteiger partial charge in [-0.15, -0.1) is 6.58 Å². The second kappa shape index (κ2) is 8.59. The number of allylic oxidation sites excluding steroid dienone is 2. The van der Waals surface area contributed by atoms with Crippen molar-refractivity contribution in [2.24, 2.45) is 46.3 Å². The van der Waals surface area contributed by atoms with E-state index in [2.05, 4.69) is 32.7 Å². The van der Waals surface area contributed by atoms with Gasteiger partial charge >= 0.3 is 6.18 Å². The molecule has 4 aliphatic carbocycles. The molecule has 0 aromatic heterocycles. The first-order valence-electron chi connectivity index (χ1n) is 13.3. The minimum Gasteiger partial charge on any atom is -0.325 e. The molecule has 0 heterocycles. The van der Waals surface area contributed by atoms with Gasteiger partial charge in [-0.3, -0.25) is 9.59 Å². The number of carbonyl (C=O) groups excluding carboxylic acids is 2. The van der Waals surface area contributed by atoms with Crippen LogP contribution in [0.1, 0.15) is 64.9 Å². The summed E-state index contributed by atoms with van der Waals surface area (Å²) in [5, 5.41) is 2.66. The summed E-state index contributed by atoms with van der Waals surface area (Å²) in [5.41, 5.74) is -0.0436. The average Bonchev–Trinajstić information content (AvgIpc) is 3.17. The van der Waals surface area contributed by atoms with E-state index in [0.29, 0.717) is 36.5 Å². The Balaban J connectivity index is 1.45. The van der Waals surface area contributed by atoms with Gasteiger partial charge in [0.2, 0.25) is 5.91 Å². The summed E-state index contributed by atoms with van der Waals surface area (Å²) in [6, 6.07) is 5.22. The summed E-state index contributed by atoms with van der Waals surface area (Å²) >= 11 is 0. The van der Waals surface area contributed by atoms with Crippen LogP contribution in [-0.4, -0.2) is 11.7 Å². The lowest BCUT2D eigenvalue weighted by Gasteiger charge is -2.62. The Kier molecular flexibility index (Phi) is 6.04. The Morgan fingerprint density at radius 2 is 1.83 bits per heavy atom. The summed E-state index contributed by atoms with van der Waals surface area (Å²) < 4.78 is 40.6. The first kappa shape index (κ1) is 25.3. The van der Waals surface area contributed by atoms with Crippen molar-refractivity contribution in [2.45, 2.75) is 65.5 Å². The largest absolute Gasteiger partial charge is 0.418 e. The number of hydrogen-bond donors (Lipinski definition) is 1. The van der Waals surface area contributed by atoms with Gasteiger partial charge in [-0.25, -0.2) is 0 Å². The molecule has 3 nitrogen and oxygen atoms in total. The molecule has 3 fully saturated rings. The van der Waals surface area contributed by atoms with Gasteiger partial charge in [0.25, 0.3) is 0 Å². The maximum atomic E-state index is 13.5. The average molecular weight is 500 g/mol. The van der Waals surface area contributed by atoms with Crippen LogP contribution in [0.3, 0.4) is 0 Å². The van der Waals surface area contributed by atoms with Gasteiger partial charge in [-0.05, 0) is 84.8 Å². The Labute approximate surface area is 211 Å². The normalized spacial score (nSPS) is 39.9. The van der Waals surface area contributed by atoms with Crippen molar-refractivity contribution in [1.82, 2.24) is 0 Å². The fourth-order valence-corrected chi connectivity index (χ4v) is 8.84. The number of alkyl halides is 3. The minimum atomic E-state index is -4.52. The zero-order valence-electron chi connectivity index (χ0n) is 21.3. The van der Waals surface area contributed by atoms with Crippen LogP contribution in [0.15, 0.2) is 48.6 Å². The Bertz CT molecular complexity index is 1120. The van der Waals surface area contributed by atoms with Crippen LogP contribution in [0.2, 0.25) is 0 Å². The summed E-state index contributed by atoms with van der Waals surface area (Å²) in [7, 11) is 0. The number of ketones is 1. The van der Waals surface area contributed by atoms with E-state index in [0.717, 1.165) is 31.7 Å². The Hall–Kier alpha value is -2.37. The highest BCUT2D eigenvalue weighted by Gasteiger charge is 2.63. The highest BCUT2D eigenvalue weighted by Crippen LogP contribution is 2.69. The smallest absolute Gasteiger partial charge is 0.325 e. The Morgan fingerprint density at radius 1 is 1.11 bits per heavy atom. The molecule has 5 rings (SSSR count).